The van der Waals surface area contributed by atoms with Gasteiger partial charge in [-0.1, -0.05) is 19.9 Å². The van der Waals surface area contributed by atoms with Gasteiger partial charge in [0.15, 0.2) is 6.61 Å². The van der Waals surface area contributed by atoms with E-state index in [1.165, 1.54) is 0 Å². The van der Waals surface area contributed by atoms with Gasteiger partial charge in [0.1, 0.15) is 18.0 Å². The highest BCUT2D eigenvalue weighted by molar-refractivity contribution is 5.77. The number of pyridine rings is 1. The van der Waals surface area contributed by atoms with Crippen LogP contribution in [0, 0.1) is 5.92 Å². The molecule has 146 valence electrons. The third-order valence-corrected chi connectivity index (χ3v) is 3.35. The number of amides is 1. The molecule has 27 heavy (non-hydrogen) atoms. The molecule has 8 heteroatoms. The first-order valence-electron chi connectivity index (χ1n) is 8.39. The minimum Gasteiger partial charge on any atom is -0.484 e. The van der Waals surface area contributed by atoms with Gasteiger partial charge in [-0.05, 0) is 36.2 Å². The van der Waals surface area contributed by atoms with Gasteiger partial charge in [-0.3, -0.25) is 4.79 Å². The second-order valence-corrected chi connectivity index (χ2v) is 6.31. The monoisotopic (exact) mass is 382 g/mol. The lowest BCUT2D eigenvalue weighted by Gasteiger charge is -2.25. The number of ether oxygens (including phenoxy) is 2. The first-order chi connectivity index (χ1) is 12.7. The summed E-state index contributed by atoms with van der Waals surface area (Å²) in [6, 6.07) is 11.6. The van der Waals surface area contributed by atoms with Crippen molar-refractivity contribution in [1.29, 1.82) is 0 Å². The molecule has 0 saturated heterocycles. The summed E-state index contributed by atoms with van der Waals surface area (Å²) in [7, 11) is 0. The van der Waals surface area contributed by atoms with Crippen LogP contribution < -0.4 is 9.47 Å². The van der Waals surface area contributed by atoms with Crippen LogP contribution in [-0.4, -0.2) is 41.7 Å². The Morgan fingerprint density at radius 2 is 1.78 bits per heavy atom. The van der Waals surface area contributed by atoms with E-state index in [-0.39, 0.29) is 12.5 Å². The number of halogens is 3. The van der Waals surface area contributed by atoms with Crippen molar-refractivity contribution in [2.24, 2.45) is 5.92 Å². The maximum Gasteiger partial charge on any atom is 0.406 e. The molecule has 0 bridgehead atoms. The van der Waals surface area contributed by atoms with Gasteiger partial charge in [-0.15, -0.1) is 0 Å². The molecule has 1 heterocycles. The van der Waals surface area contributed by atoms with Crippen molar-refractivity contribution in [2.75, 3.05) is 19.7 Å². The van der Waals surface area contributed by atoms with Crippen molar-refractivity contribution in [3.8, 4) is 17.4 Å². The van der Waals surface area contributed by atoms with Crippen molar-refractivity contribution in [1.82, 2.24) is 9.88 Å². The van der Waals surface area contributed by atoms with E-state index in [1.54, 1.807) is 62.5 Å². The summed E-state index contributed by atoms with van der Waals surface area (Å²) in [6.07, 6.45) is -2.85. The zero-order valence-corrected chi connectivity index (χ0v) is 15.1. The molecule has 0 radical (unpaired) electrons. The second kappa shape index (κ2) is 9.25. The van der Waals surface area contributed by atoms with E-state index in [0.29, 0.717) is 17.4 Å². The van der Waals surface area contributed by atoms with Gasteiger partial charge in [-0.2, -0.15) is 13.2 Å². The molecule has 1 aromatic heterocycles. The standard InChI is InChI=1S/C19H21F3N2O3/c1-14(2)11-24(13-19(20,21)22)18(25)12-26-15-6-8-16(9-7-15)27-17-5-3-4-10-23-17/h3-10,14H,11-13H2,1-2H3. The molecule has 5 nitrogen and oxygen atoms in total. The Kier molecular flexibility index (Phi) is 7.04. The molecule has 0 aliphatic carbocycles. The summed E-state index contributed by atoms with van der Waals surface area (Å²) >= 11 is 0. The Balaban J connectivity index is 1.91. The summed E-state index contributed by atoms with van der Waals surface area (Å²) in [5.41, 5.74) is 0. The van der Waals surface area contributed by atoms with Crippen LogP contribution in [0.1, 0.15) is 13.8 Å². The van der Waals surface area contributed by atoms with Crippen LogP contribution in [0.2, 0.25) is 0 Å². The van der Waals surface area contributed by atoms with Crippen molar-refractivity contribution in [3.63, 3.8) is 0 Å². The van der Waals surface area contributed by atoms with Crippen molar-refractivity contribution >= 4 is 5.91 Å². The SMILES string of the molecule is CC(C)CN(CC(F)(F)F)C(=O)COc1ccc(Oc2ccccn2)cc1. The topological polar surface area (TPSA) is 51.7 Å². The summed E-state index contributed by atoms with van der Waals surface area (Å²) in [4.78, 5) is 16.9. The number of aromatic nitrogens is 1. The summed E-state index contributed by atoms with van der Waals surface area (Å²) < 4.78 is 48.8. The molecular weight excluding hydrogens is 361 g/mol. The lowest BCUT2D eigenvalue weighted by molar-refractivity contribution is -0.163. The number of benzene rings is 1. The van der Waals surface area contributed by atoms with E-state index in [1.807, 2.05) is 0 Å². The Hall–Kier alpha value is -2.77. The second-order valence-electron chi connectivity index (χ2n) is 6.31. The van der Waals surface area contributed by atoms with E-state index < -0.39 is 25.2 Å². The van der Waals surface area contributed by atoms with Crippen molar-refractivity contribution in [3.05, 3.63) is 48.7 Å². The maximum absolute atomic E-state index is 12.6. The van der Waals surface area contributed by atoms with E-state index in [2.05, 4.69) is 4.98 Å². The minimum absolute atomic E-state index is 0.0125. The molecular formula is C19H21F3N2O3. The van der Waals surface area contributed by atoms with E-state index >= 15 is 0 Å². The number of alkyl halides is 3. The third-order valence-electron chi connectivity index (χ3n) is 3.35. The van der Waals surface area contributed by atoms with Crippen LogP contribution in [0.5, 0.6) is 17.4 Å². The van der Waals surface area contributed by atoms with Gasteiger partial charge in [-0.25, -0.2) is 4.98 Å². The normalized spacial score (nSPS) is 11.3. The molecule has 0 aliphatic heterocycles. The van der Waals surface area contributed by atoms with Gasteiger partial charge < -0.3 is 14.4 Å². The highest BCUT2D eigenvalue weighted by atomic mass is 19.4. The van der Waals surface area contributed by atoms with Crippen molar-refractivity contribution < 1.29 is 27.4 Å². The fourth-order valence-corrected chi connectivity index (χ4v) is 2.28. The number of carbonyl (C=O) groups is 1. The van der Waals surface area contributed by atoms with Gasteiger partial charge in [0, 0.05) is 18.8 Å². The summed E-state index contributed by atoms with van der Waals surface area (Å²) in [6.45, 7) is 1.75. The fourth-order valence-electron chi connectivity index (χ4n) is 2.28. The van der Waals surface area contributed by atoms with E-state index in [0.717, 1.165) is 4.90 Å². The molecule has 1 aromatic carbocycles. The average molecular weight is 382 g/mol. The zero-order chi connectivity index (χ0) is 19.9. The molecule has 0 spiro atoms. The largest absolute Gasteiger partial charge is 0.484 e. The first-order valence-corrected chi connectivity index (χ1v) is 8.39. The van der Waals surface area contributed by atoms with E-state index in [4.69, 9.17) is 9.47 Å². The van der Waals surface area contributed by atoms with Crippen LogP contribution >= 0.6 is 0 Å². The predicted octanol–water partition coefficient (Wildman–Crippen LogP) is 4.30. The third kappa shape index (κ3) is 7.55. The van der Waals surface area contributed by atoms with Crippen LogP contribution in [0.4, 0.5) is 13.2 Å². The lowest BCUT2D eigenvalue weighted by atomic mass is 10.2. The Morgan fingerprint density at radius 1 is 1.11 bits per heavy atom. The Labute approximate surface area is 155 Å². The molecule has 2 rings (SSSR count). The van der Waals surface area contributed by atoms with Gasteiger partial charge in [0.05, 0.1) is 0 Å². The van der Waals surface area contributed by atoms with Crippen LogP contribution in [0.25, 0.3) is 0 Å². The van der Waals surface area contributed by atoms with Crippen LogP contribution in [0.15, 0.2) is 48.7 Å². The quantitative estimate of drug-likeness (QED) is 0.683. The zero-order valence-electron chi connectivity index (χ0n) is 15.1. The Morgan fingerprint density at radius 3 is 2.33 bits per heavy atom. The van der Waals surface area contributed by atoms with Crippen molar-refractivity contribution in [2.45, 2.75) is 20.0 Å². The molecule has 0 fully saturated rings. The predicted molar refractivity (Wildman–Crippen MR) is 93.7 cm³/mol. The molecule has 1 amide bonds. The number of carbonyl (C=O) groups excluding carboxylic acids is 1. The highest BCUT2D eigenvalue weighted by Crippen LogP contribution is 2.22. The average Bonchev–Trinajstić information content (AvgIpc) is 2.59. The molecule has 0 N–H and O–H groups in total. The fraction of sp³-hybridized carbons (Fsp3) is 0.368. The van der Waals surface area contributed by atoms with Crippen LogP contribution in [-0.2, 0) is 4.79 Å². The van der Waals surface area contributed by atoms with Gasteiger partial charge in [0.2, 0.25) is 5.88 Å². The molecule has 2 aromatic rings. The molecule has 0 atom stereocenters. The van der Waals surface area contributed by atoms with Crippen LogP contribution in [0.3, 0.4) is 0 Å². The summed E-state index contributed by atoms with van der Waals surface area (Å²) in [5.74, 6) is 0.506. The number of nitrogens with zero attached hydrogens (tertiary/aromatic N) is 2. The maximum atomic E-state index is 12.6. The number of hydrogen-bond acceptors (Lipinski definition) is 4. The molecule has 0 unspecified atom stereocenters. The molecule has 0 aliphatic rings. The first kappa shape index (κ1) is 20.5. The minimum atomic E-state index is -4.45. The van der Waals surface area contributed by atoms with E-state index in [9.17, 15) is 18.0 Å². The number of rotatable bonds is 8. The van der Waals surface area contributed by atoms with Gasteiger partial charge in [0.25, 0.3) is 5.91 Å². The smallest absolute Gasteiger partial charge is 0.406 e. The van der Waals surface area contributed by atoms with Gasteiger partial charge >= 0.3 is 6.18 Å². The number of hydrogen-bond donors (Lipinski definition) is 0. The summed E-state index contributed by atoms with van der Waals surface area (Å²) in [5, 5.41) is 0. The highest BCUT2D eigenvalue weighted by Gasteiger charge is 2.33. The lowest BCUT2D eigenvalue weighted by Crippen LogP contribution is -2.43. The molecule has 0 saturated carbocycles. The Bertz CT molecular complexity index is 719.